The molecule has 12 heavy (non-hydrogen) atoms. The van der Waals surface area contributed by atoms with Gasteiger partial charge < -0.3 is 4.57 Å². The number of hydrogen-bond acceptors (Lipinski definition) is 1. The lowest BCUT2D eigenvalue weighted by Gasteiger charge is -2.07. The van der Waals surface area contributed by atoms with E-state index in [1.165, 1.54) is 12.1 Å². The van der Waals surface area contributed by atoms with Crippen LogP contribution >= 0.6 is 0 Å². The minimum absolute atomic E-state index is 0.770. The average Bonchev–Trinajstić information content (AvgIpc) is 2.30. The molecule has 1 aromatic heterocycles. The van der Waals surface area contributed by atoms with E-state index in [1.807, 2.05) is 6.33 Å². The molecule has 1 rings (SSSR count). The molecule has 0 bridgehead atoms. The van der Waals surface area contributed by atoms with Gasteiger partial charge in [-0.3, -0.25) is 0 Å². The van der Waals surface area contributed by atoms with Gasteiger partial charge in [-0.15, -0.1) is 0 Å². The first-order valence-corrected chi connectivity index (χ1v) is 4.59. The van der Waals surface area contributed by atoms with E-state index in [-0.39, 0.29) is 0 Å². The second kappa shape index (κ2) is 3.74. The first-order chi connectivity index (χ1) is 5.61. The maximum absolute atomic E-state index is 4.26. The molecular weight excluding hydrogens is 148 g/mol. The van der Waals surface area contributed by atoms with Crippen molar-refractivity contribution in [2.24, 2.45) is 5.92 Å². The molecule has 68 valence electrons. The van der Waals surface area contributed by atoms with Crippen LogP contribution < -0.4 is 0 Å². The van der Waals surface area contributed by atoms with Crippen molar-refractivity contribution in [2.45, 2.75) is 40.7 Å². The molecule has 0 radical (unpaired) electrons. The normalized spacial score (nSPS) is 11.1. The Balaban J connectivity index is 2.58. The van der Waals surface area contributed by atoms with Crippen LogP contribution in [0.2, 0.25) is 0 Å². The van der Waals surface area contributed by atoms with Crippen LogP contribution in [0, 0.1) is 19.8 Å². The Morgan fingerprint density at radius 3 is 2.50 bits per heavy atom. The molecule has 0 spiro atoms. The summed E-state index contributed by atoms with van der Waals surface area (Å²) in [6, 6.07) is 0. The summed E-state index contributed by atoms with van der Waals surface area (Å²) in [5.74, 6) is 0.770. The van der Waals surface area contributed by atoms with Gasteiger partial charge in [0.2, 0.25) is 0 Å². The summed E-state index contributed by atoms with van der Waals surface area (Å²) in [4.78, 5) is 4.26. The zero-order valence-corrected chi connectivity index (χ0v) is 8.46. The summed E-state index contributed by atoms with van der Waals surface area (Å²) < 4.78 is 2.23. The molecule has 0 aromatic carbocycles. The summed E-state index contributed by atoms with van der Waals surface area (Å²) in [6.07, 6.45) is 3.17. The highest BCUT2D eigenvalue weighted by Crippen LogP contribution is 2.08. The van der Waals surface area contributed by atoms with Gasteiger partial charge in [0.1, 0.15) is 0 Å². The van der Waals surface area contributed by atoms with Crippen LogP contribution in [0.1, 0.15) is 31.7 Å². The third-order valence-corrected chi connectivity index (χ3v) is 2.29. The Kier molecular flexibility index (Phi) is 2.90. The van der Waals surface area contributed by atoms with Gasteiger partial charge in [-0.25, -0.2) is 4.98 Å². The summed E-state index contributed by atoms with van der Waals surface area (Å²) in [5.41, 5.74) is 2.45. The van der Waals surface area contributed by atoms with Crippen molar-refractivity contribution >= 4 is 0 Å². The van der Waals surface area contributed by atoms with Crippen LogP contribution in [0.4, 0.5) is 0 Å². The van der Waals surface area contributed by atoms with Crippen molar-refractivity contribution in [1.29, 1.82) is 0 Å². The quantitative estimate of drug-likeness (QED) is 0.674. The molecule has 0 amide bonds. The first kappa shape index (κ1) is 9.30. The predicted molar refractivity (Wildman–Crippen MR) is 51.2 cm³/mol. The van der Waals surface area contributed by atoms with Gasteiger partial charge in [-0.2, -0.15) is 0 Å². The smallest absolute Gasteiger partial charge is 0.0951 e. The molecule has 2 nitrogen and oxygen atoms in total. The summed E-state index contributed by atoms with van der Waals surface area (Å²) in [7, 11) is 0. The predicted octanol–water partition coefficient (Wildman–Crippen LogP) is 2.55. The highest BCUT2D eigenvalue weighted by molar-refractivity contribution is 5.08. The van der Waals surface area contributed by atoms with Gasteiger partial charge in [0.15, 0.2) is 0 Å². The van der Waals surface area contributed by atoms with Gasteiger partial charge >= 0.3 is 0 Å². The molecule has 0 aliphatic rings. The lowest BCUT2D eigenvalue weighted by molar-refractivity contribution is 0.511. The maximum Gasteiger partial charge on any atom is 0.0951 e. The summed E-state index contributed by atoms with van der Waals surface area (Å²) in [6.45, 7) is 9.78. The Bertz CT molecular complexity index is 248. The third-order valence-electron chi connectivity index (χ3n) is 2.29. The Morgan fingerprint density at radius 2 is 2.08 bits per heavy atom. The molecule has 0 atom stereocenters. The molecule has 0 aliphatic heterocycles. The molecule has 1 heterocycles. The number of aryl methyl sites for hydroxylation is 2. The largest absolute Gasteiger partial charge is 0.335 e. The van der Waals surface area contributed by atoms with E-state index in [9.17, 15) is 0 Å². The highest BCUT2D eigenvalue weighted by Gasteiger charge is 2.01. The fourth-order valence-corrected chi connectivity index (χ4v) is 1.17. The Hall–Kier alpha value is -0.790. The van der Waals surface area contributed by atoms with Gasteiger partial charge in [0.25, 0.3) is 0 Å². The Morgan fingerprint density at radius 1 is 1.42 bits per heavy atom. The topological polar surface area (TPSA) is 17.8 Å². The van der Waals surface area contributed by atoms with E-state index in [2.05, 4.69) is 37.2 Å². The van der Waals surface area contributed by atoms with Crippen molar-refractivity contribution in [3.8, 4) is 0 Å². The second-order valence-corrected chi connectivity index (χ2v) is 3.79. The number of rotatable bonds is 3. The molecule has 2 heteroatoms. The fourth-order valence-electron chi connectivity index (χ4n) is 1.17. The number of nitrogens with zero attached hydrogens (tertiary/aromatic N) is 2. The van der Waals surface area contributed by atoms with Gasteiger partial charge in [-0.05, 0) is 26.2 Å². The average molecular weight is 166 g/mol. The van der Waals surface area contributed by atoms with Crippen LogP contribution in [0.3, 0.4) is 0 Å². The minimum atomic E-state index is 0.770. The fraction of sp³-hybridized carbons (Fsp3) is 0.700. The standard InChI is InChI=1S/C10H18N2/c1-8(2)5-6-12-7-11-9(3)10(12)4/h7-8H,5-6H2,1-4H3. The van der Waals surface area contributed by atoms with Crippen LogP contribution in [0.25, 0.3) is 0 Å². The zero-order chi connectivity index (χ0) is 9.14. The van der Waals surface area contributed by atoms with Crippen LogP contribution in [0.5, 0.6) is 0 Å². The lowest BCUT2D eigenvalue weighted by Crippen LogP contribution is -2.02. The number of hydrogen-bond donors (Lipinski definition) is 0. The van der Waals surface area contributed by atoms with Gasteiger partial charge in [-0.1, -0.05) is 13.8 Å². The molecule has 0 aliphatic carbocycles. The summed E-state index contributed by atoms with van der Waals surface area (Å²) in [5, 5.41) is 0. The van der Waals surface area contributed by atoms with Gasteiger partial charge in [0, 0.05) is 12.2 Å². The van der Waals surface area contributed by atoms with Crippen LogP contribution in [0.15, 0.2) is 6.33 Å². The lowest BCUT2D eigenvalue weighted by atomic mass is 10.1. The monoisotopic (exact) mass is 166 g/mol. The van der Waals surface area contributed by atoms with Gasteiger partial charge in [0.05, 0.1) is 12.0 Å². The highest BCUT2D eigenvalue weighted by atomic mass is 15.0. The van der Waals surface area contributed by atoms with Crippen molar-refractivity contribution in [3.63, 3.8) is 0 Å². The van der Waals surface area contributed by atoms with E-state index in [0.717, 1.165) is 18.2 Å². The molecule has 0 saturated heterocycles. The van der Waals surface area contributed by atoms with E-state index in [4.69, 9.17) is 0 Å². The van der Waals surface area contributed by atoms with Crippen LogP contribution in [-0.2, 0) is 6.54 Å². The van der Waals surface area contributed by atoms with E-state index in [0.29, 0.717) is 0 Å². The third kappa shape index (κ3) is 2.10. The molecule has 0 fully saturated rings. The first-order valence-electron chi connectivity index (χ1n) is 4.59. The van der Waals surface area contributed by atoms with E-state index in [1.54, 1.807) is 0 Å². The van der Waals surface area contributed by atoms with Crippen molar-refractivity contribution < 1.29 is 0 Å². The van der Waals surface area contributed by atoms with Crippen molar-refractivity contribution in [2.75, 3.05) is 0 Å². The maximum atomic E-state index is 4.26. The molecule has 0 saturated carbocycles. The zero-order valence-electron chi connectivity index (χ0n) is 8.46. The van der Waals surface area contributed by atoms with E-state index >= 15 is 0 Å². The van der Waals surface area contributed by atoms with Crippen molar-refractivity contribution in [3.05, 3.63) is 17.7 Å². The minimum Gasteiger partial charge on any atom is -0.335 e. The van der Waals surface area contributed by atoms with Crippen molar-refractivity contribution in [1.82, 2.24) is 9.55 Å². The second-order valence-electron chi connectivity index (χ2n) is 3.79. The molecule has 1 aromatic rings. The SMILES string of the molecule is Cc1ncn(CCC(C)C)c1C. The number of imidazole rings is 1. The van der Waals surface area contributed by atoms with Crippen LogP contribution in [-0.4, -0.2) is 9.55 Å². The number of aromatic nitrogens is 2. The molecule has 0 N–H and O–H groups in total. The summed E-state index contributed by atoms with van der Waals surface area (Å²) >= 11 is 0. The molecule has 0 unspecified atom stereocenters. The Labute approximate surface area is 74.6 Å². The van der Waals surface area contributed by atoms with E-state index < -0.39 is 0 Å². The molecular formula is C10H18N2.